The second-order valence-corrected chi connectivity index (χ2v) is 7.87. The molecule has 1 fully saturated rings. The first-order chi connectivity index (χ1) is 16.2. The minimum atomic E-state index is -1.11. The maximum absolute atomic E-state index is 13.1. The molecule has 4 rings (SSSR count). The average molecular weight is 460 g/mol. The quantitative estimate of drug-likeness (QED) is 0.362. The zero-order chi connectivity index (χ0) is 24.6. The molecule has 34 heavy (non-hydrogen) atoms. The second-order valence-electron chi connectivity index (χ2n) is 7.87. The Morgan fingerprint density at radius 2 is 1.74 bits per heavy atom. The van der Waals surface area contributed by atoms with Gasteiger partial charge in [-0.3, -0.25) is 38.8 Å². The number of imide groups is 1. The summed E-state index contributed by atoms with van der Waals surface area (Å²) in [6.45, 7) is 2.62. The molecule has 1 atom stereocenters. The van der Waals surface area contributed by atoms with Gasteiger partial charge in [-0.2, -0.15) is 0 Å². The summed E-state index contributed by atoms with van der Waals surface area (Å²) in [6.07, 6.45) is 3.01. The number of carbonyl (C=O) groups excluding carboxylic acids is 4. The maximum atomic E-state index is 13.1. The van der Waals surface area contributed by atoms with E-state index in [0.717, 1.165) is 10.3 Å². The van der Waals surface area contributed by atoms with Crippen molar-refractivity contribution < 1.29 is 24.1 Å². The molecule has 0 saturated carbocycles. The van der Waals surface area contributed by atoms with Crippen LogP contribution in [0.25, 0.3) is 17.0 Å². The number of nitrogens with zero attached hydrogens (tertiary/aromatic N) is 3. The number of nitrogens with one attached hydrogen (secondary N) is 1. The van der Waals surface area contributed by atoms with Crippen LogP contribution in [0.2, 0.25) is 0 Å². The van der Waals surface area contributed by atoms with Gasteiger partial charge in [-0.15, -0.1) is 0 Å². The summed E-state index contributed by atoms with van der Waals surface area (Å²) >= 11 is 0. The van der Waals surface area contributed by atoms with Crippen molar-refractivity contribution in [3.8, 4) is 0 Å². The van der Waals surface area contributed by atoms with Crippen LogP contribution in [0, 0.1) is 10.1 Å². The van der Waals surface area contributed by atoms with Crippen molar-refractivity contribution >= 4 is 46.3 Å². The van der Waals surface area contributed by atoms with Crippen molar-refractivity contribution in [1.29, 1.82) is 0 Å². The van der Waals surface area contributed by atoms with E-state index in [9.17, 15) is 29.3 Å². The van der Waals surface area contributed by atoms with Crippen LogP contribution in [-0.2, 0) is 20.8 Å². The first kappa shape index (κ1) is 22.6. The fourth-order valence-electron chi connectivity index (χ4n) is 4.04. The predicted octanol–water partition coefficient (Wildman–Crippen LogP) is 2.67. The fraction of sp³-hybridized carbons (Fsp3) is 0.167. The van der Waals surface area contributed by atoms with E-state index in [4.69, 9.17) is 0 Å². The van der Waals surface area contributed by atoms with Crippen LogP contribution < -0.4 is 5.32 Å². The van der Waals surface area contributed by atoms with Crippen molar-refractivity contribution in [3.63, 3.8) is 0 Å². The summed E-state index contributed by atoms with van der Waals surface area (Å²) in [5.41, 5.74) is 1.53. The Kier molecular flexibility index (Phi) is 5.80. The molecule has 2 heterocycles. The molecule has 3 aromatic rings. The Bertz CT molecular complexity index is 1390. The molecule has 10 heteroatoms. The SMILES string of the molecule is CC(=O)N1C(=O)/C(=C/c2ccc([N+](=O)[O-])cc2)NC(=O)C1Cc1cn(C(C)=O)c2ccccc12. The third kappa shape index (κ3) is 4.08. The third-order valence-corrected chi connectivity index (χ3v) is 5.62. The number of non-ortho nitro benzene ring substituents is 1. The first-order valence-electron chi connectivity index (χ1n) is 10.4. The maximum Gasteiger partial charge on any atom is 0.277 e. The lowest BCUT2D eigenvalue weighted by Crippen LogP contribution is -2.59. The number of benzene rings is 2. The average Bonchev–Trinajstić information content (AvgIpc) is 3.16. The lowest BCUT2D eigenvalue weighted by atomic mass is 10.00. The highest BCUT2D eigenvalue weighted by atomic mass is 16.6. The van der Waals surface area contributed by atoms with Gasteiger partial charge in [0.1, 0.15) is 11.7 Å². The van der Waals surface area contributed by atoms with Gasteiger partial charge in [-0.1, -0.05) is 18.2 Å². The van der Waals surface area contributed by atoms with Crippen molar-refractivity contribution in [3.05, 3.63) is 81.7 Å². The fourth-order valence-corrected chi connectivity index (χ4v) is 4.04. The summed E-state index contributed by atoms with van der Waals surface area (Å²) in [5, 5.41) is 14.1. The highest BCUT2D eigenvalue weighted by molar-refractivity contribution is 6.14. The van der Waals surface area contributed by atoms with Gasteiger partial charge in [-0.25, -0.2) is 0 Å². The molecule has 1 N–H and O–H groups in total. The summed E-state index contributed by atoms with van der Waals surface area (Å²) in [6, 6.07) is 11.5. The van der Waals surface area contributed by atoms with E-state index < -0.39 is 28.7 Å². The van der Waals surface area contributed by atoms with Crippen LogP contribution in [0.1, 0.15) is 29.8 Å². The van der Waals surface area contributed by atoms with Crippen LogP contribution in [0.3, 0.4) is 0 Å². The molecule has 0 spiro atoms. The molecule has 172 valence electrons. The van der Waals surface area contributed by atoms with Gasteiger partial charge < -0.3 is 5.32 Å². The number of carbonyl (C=O) groups is 4. The minimum Gasteiger partial charge on any atom is -0.320 e. The molecule has 0 bridgehead atoms. The van der Waals surface area contributed by atoms with Gasteiger partial charge in [0.05, 0.1) is 10.4 Å². The summed E-state index contributed by atoms with van der Waals surface area (Å²) in [7, 11) is 0. The summed E-state index contributed by atoms with van der Waals surface area (Å²) < 4.78 is 1.46. The molecular formula is C24H20N4O6. The molecule has 1 aliphatic heterocycles. The zero-order valence-electron chi connectivity index (χ0n) is 18.3. The van der Waals surface area contributed by atoms with Gasteiger partial charge in [0, 0.05) is 44.0 Å². The van der Waals surface area contributed by atoms with Crippen LogP contribution in [-0.4, -0.2) is 44.1 Å². The number of hydrogen-bond acceptors (Lipinski definition) is 6. The minimum absolute atomic E-state index is 0.0305. The van der Waals surface area contributed by atoms with E-state index in [0.29, 0.717) is 16.6 Å². The number of rotatable bonds is 4. The van der Waals surface area contributed by atoms with Crippen molar-refractivity contribution in [2.45, 2.75) is 26.3 Å². The molecular weight excluding hydrogens is 440 g/mol. The van der Waals surface area contributed by atoms with Crippen molar-refractivity contribution in [2.24, 2.45) is 0 Å². The standard InChI is InChI=1S/C24H20N4O6/c1-14(29)26-13-17(19-5-3-4-6-21(19)26)12-22-23(31)25-20(24(32)27(22)15(2)30)11-16-7-9-18(10-8-16)28(33)34/h3-11,13,22H,12H2,1-2H3,(H,25,31)/b20-11-. The first-order valence-corrected chi connectivity index (χ1v) is 10.4. The predicted molar refractivity (Wildman–Crippen MR) is 122 cm³/mol. The Labute approximate surface area is 193 Å². The lowest BCUT2D eigenvalue weighted by molar-refractivity contribution is -0.384. The lowest BCUT2D eigenvalue weighted by Gasteiger charge is -2.33. The molecule has 3 amide bonds. The van der Waals surface area contributed by atoms with E-state index in [1.54, 1.807) is 24.4 Å². The number of aromatic nitrogens is 1. The van der Waals surface area contributed by atoms with Crippen LogP contribution in [0.15, 0.2) is 60.4 Å². The second kappa shape index (κ2) is 8.74. The van der Waals surface area contributed by atoms with E-state index in [2.05, 4.69) is 5.32 Å². The molecule has 10 nitrogen and oxygen atoms in total. The molecule has 0 aliphatic carbocycles. The molecule has 1 aromatic heterocycles. The van der Waals surface area contributed by atoms with Gasteiger partial charge in [0.25, 0.3) is 11.6 Å². The molecule has 1 saturated heterocycles. The highest BCUT2D eigenvalue weighted by Crippen LogP contribution is 2.26. The van der Waals surface area contributed by atoms with Crippen molar-refractivity contribution in [1.82, 2.24) is 14.8 Å². The number of fused-ring (bicyclic) bond motifs is 1. The largest absolute Gasteiger partial charge is 0.320 e. The molecule has 2 aromatic carbocycles. The summed E-state index contributed by atoms with van der Waals surface area (Å²) in [5.74, 6) is -2.05. The van der Waals surface area contributed by atoms with Gasteiger partial charge in [0.2, 0.25) is 17.7 Å². The smallest absolute Gasteiger partial charge is 0.277 e. The monoisotopic (exact) mass is 460 g/mol. The Hall–Kier alpha value is -4.60. The van der Waals surface area contributed by atoms with E-state index in [-0.39, 0.29) is 23.7 Å². The van der Waals surface area contributed by atoms with Gasteiger partial charge >= 0.3 is 0 Å². The number of nitro benzene ring substituents is 1. The summed E-state index contributed by atoms with van der Waals surface area (Å²) in [4.78, 5) is 61.8. The van der Waals surface area contributed by atoms with Crippen LogP contribution in [0.4, 0.5) is 5.69 Å². The molecule has 1 unspecified atom stereocenters. The number of hydrogen-bond donors (Lipinski definition) is 1. The van der Waals surface area contributed by atoms with E-state index in [1.807, 2.05) is 6.07 Å². The number of para-hydroxylation sites is 1. The van der Waals surface area contributed by atoms with Crippen molar-refractivity contribution in [2.75, 3.05) is 0 Å². The zero-order valence-corrected chi connectivity index (χ0v) is 18.3. The van der Waals surface area contributed by atoms with E-state index in [1.165, 1.54) is 48.8 Å². The van der Waals surface area contributed by atoms with Crippen LogP contribution >= 0.6 is 0 Å². The number of nitro groups is 1. The molecule has 0 radical (unpaired) electrons. The molecule has 1 aliphatic rings. The van der Waals surface area contributed by atoms with Crippen LogP contribution in [0.5, 0.6) is 0 Å². The normalized spacial score (nSPS) is 17.2. The third-order valence-electron chi connectivity index (χ3n) is 5.62. The highest BCUT2D eigenvalue weighted by Gasteiger charge is 2.40. The Balaban J connectivity index is 1.68. The topological polar surface area (TPSA) is 132 Å². The number of amides is 3. The van der Waals surface area contributed by atoms with E-state index >= 15 is 0 Å². The van der Waals surface area contributed by atoms with Gasteiger partial charge in [-0.05, 0) is 35.4 Å². The van der Waals surface area contributed by atoms with Gasteiger partial charge in [0.15, 0.2) is 0 Å². The Morgan fingerprint density at radius 3 is 2.35 bits per heavy atom. The number of piperazine rings is 1. The Morgan fingerprint density at radius 1 is 1.06 bits per heavy atom.